The molecule has 2 aliphatic rings. The highest BCUT2D eigenvalue weighted by atomic mass is 15.1. The molecule has 0 aliphatic heterocycles. The molecule has 0 fully saturated rings. The summed E-state index contributed by atoms with van der Waals surface area (Å²) >= 11 is 0. The van der Waals surface area contributed by atoms with E-state index in [1.165, 1.54) is 34.4 Å². The summed E-state index contributed by atoms with van der Waals surface area (Å²) in [5.41, 5.74) is 7.77. The number of pyridine rings is 1. The molecular weight excluding hydrogens is 416 g/mol. The molecule has 0 spiro atoms. The van der Waals surface area contributed by atoms with Crippen LogP contribution >= 0.6 is 0 Å². The molecule has 1 aromatic carbocycles. The van der Waals surface area contributed by atoms with Crippen molar-refractivity contribution < 1.29 is 0 Å². The van der Waals surface area contributed by atoms with E-state index in [1.54, 1.807) is 0 Å². The van der Waals surface area contributed by atoms with Crippen LogP contribution in [0.15, 0.2) is 78.5 Å². The van der Waals surface area contributed by atoms with Gasteiger partial charge in [0.2, 0.25) is 0 Å². The third kappa shape index (κ3) is 4.59. The number of rotatable bonds is 4. The molecular formula is C30H32N4. The molecule has 2 aromatic heterocycles. The van der Waals surface area contributed by atoms with Crippen LogP contribution in [0, 0.1) is 6.92 Å². The minimum Gasteiger partial charge on any atom is -0.306 e. The number of hydrogen-bond acceptors (Lipinski definition) is 3. The van der Waals surface area contributed by atoms with Crippen LogP contribution in [-0.2, 0) is 0 Å². The second-order valence-corrected chi connectivity index (χ2v) is 9.41. The van der Waals surface area contributed by atoms with Crippen LogP contribution < -0.4 is 10.4 Å². The third-order valence-corrected chi connectivity index (χ3v) is 6.88. The first-order valence-electron chi connectivity index (χ1n) is 12.1. The average molecular weight is 449 g/mol. The normalized spacial score (nSPS) is 22.5. The second-order valence-electron chi connectivity index (χ2n) is 9.41. The lowest BCUT2D eigenvalue weighted by Crippen LogP contribution is -2.27. The fraction of sp³-hybridized carbons (Fsp3) is 0.267. The van der Waals surface area contributed by atoms with Gasteiger partial charge in [-0.25, -0.2) is 0 Å². The van der Waals surface area contributed by atoms with Gasteiger partial charge in [0.1, 0.15) is 5.69 Å². The summed E-state index contributed by atoms with van der Waals surface area (Å²) in [5.74, 6) is 0. The molecule has 2 heterocycles. The summed E-state index contributed by atoms with van der Waals surface area (Å²) in [6.45, 7) is 2.01. The van der Waals surface area contributed by atoms with E-state index < -0.39 is 0 Å². The summed E-state index contributed by atoms with van der Waals surface area (Å²) in [6.07, 6.45) is 20.0. The van der Waals surface area contributed by atoms with Crippen LogP contribution in [-0.4, -0.2) is 40.2 Å². The Labute approximate surface area is 201 Å². The number of aromatic amines is 1. The first kappa shape index (κ1) is 22.3. The lowest BCUT2D eigenvalue weighted by molar-refractivity contribution is 0.279. The molecule has 2 aliphatic carbocycles. The minimum atomic E-state index is 0.614. The molecule has 4 nitrogen and oxygen atoms in total. The average Bonchev–Trinajstić information content (AvgIpc) is 3.18. The maximum Gasteiger partial charge on any atom is 0.118 e. The monoisotopic (exact) mass is 448 g/mol. The molecule has 4 heteroatoms. The first-order chi connectivity index (χ1) is 16.6. The van der Waals surface area contributed by atoms with E-state index in [-0.39, 0.29) is 0 Å². The fourth-order valence-electron chi connectivity index (χ4n) is 4.97. The van der Waals surface area contributed by atoms with Gasteiger partial charge in [-0.1, -0.05) is 54.7 Å². The van der Waals surface area contributed by atoms with Crippen LogP contribution in [0.2, 0.25) is 0 Å². The molecule has 0 radical (unpaired) electrons. The quantitative estimate of drug-likeness (QED) is 0.615. The van der Waals surface area contributed by atoms with Crippen LogP contribution in [0.3, 0.4) is 0 Å². The first-order valence-corrected chi connectivity index (χ1v) is 12.1. The Hall–Kier alpha value is -3.50. The van der Waals surface area contributed by atoms with Crippen LogP contribution in [0.4, 0.5) is 0 Å². The lowest BCUT2D eigenvalue weighted by Gasteiger charge is -2.21. The van der Waals surface area contributed by atoms with Crippen LogP contribution in [0.25, 0.3) is 34.2 Å². The second kappa shape index (κ2) is 9.78. The predicted molar refractivity (Wildman–Crippen MR) is 141 cm³/mol. The van der Waals surface area contributed by atoms with Crippen molar-refractivity contribution in [3.05, 3.63) is 94.7 Å². The van der Waals surface area contributed by atoms with Gasteiger partial charge in [-0.2, -0.15) is 5.10 Å². The maximum atomic E-state index is 4.71. The van der Waals surface area contributed by atoms with Crippen molar-refractivity contribution in [1.82, 2.24) is 20.1 Å². The van der Waals surface area contributed by atoms with Crippen molar-refractivity contribution in [2.75, 3.05) is 14.1 Å². The zero-order valence-electron chi connectivity index (χ0n) is 20.3. The Morgan fingerprint density at radius 3 is 2.82 bits per heavy atom. The number of fused-ring (bicyclic) bond motifs is 1. The maximum absolute atomic E-state index is 4.71. The molecule has 0 saturated heterocycles. The molecule has 0 saturated carbocycles. The SMILES string of the molecule is Cc1cccc(-c2n[nH]cc2-c2ccc3/c(c2)=C(C2=CC[C@@H](N(C)C)CCC2)\C=C/C=C/C=3)n1. The number of aryl methyl sites for hydroxylation is 1. The van der Waals surface area contributed by atoms with Crippen molar-refractivity contribution in [2.24, 2.45) is 0 Å². The number of hydrogen-bond donors (Lipinski definition) is 1. The number of allylic oxidation sites excluding steroid dienone is 5. The highest BCUT2D eigenvalue weighted by Gasteiger charge is 2.17. The summed E-state index contributed by atoms with van der Waals surface area (Å²) < 4.78 is 0. The Bertz CT molecular complexity index is 1400. The summed E-state index contributed by atoms with van der Waals surface area (Å²) in [4.78, 5) is 7.07. The fourth-order valence-corrected chi connectivity index (χ4v) is 4.97. The molecule has 34 heavy (non-hydrogen) atoms. The zero-order chi connectivity index (χ0) is 23.5. The summed E-state index contributed by atoms with van der Waals surface area (Å²) in [7, 11) is 4.39. The van der Waals surface area contributed by atoms with Gasteiger partial charge in [0, 0.05) is 23.5 Å². The lowest BCUT2D eigenvalue weighted by atomic mass is 9.94. The van der Waals surface area contributed by atoms with Gasteiger partial charge < -0.3 is 4.90 Å². The van der Waals surface area contributed by atoms with Crippen molar-refractivity contribution in [3.63, 3.8) is 0 Å². The van der Waals surface area contributed by atoms with E-state index >= 15 is 0 Å². The van der Waals surface area contributed by atoms with Gasteiger partial charge in [0.05, 0.1) is 5.69 Å². The van der Waals surface area contributed by atoms with E-state index in [0.717, 1.165) is 41.1 Å². The van der Waals surface area contributed by atoms with Crippen LogP contribution in [0.5, 0.6) is 0 Å². The van der Waals surface area contributed by atoms with Crippen molar-refractivity contribution in [2.45, 2.75) is 38.6 Å². The predicted octanol–water partition coefficient (Wildman–Crippen LogP) is 4.93. The molecule has 0 amide bonds. The van der Waals surface area contributed by atoms with Crippen molar-refractivity contribution in [1.29, 1.82) is 0 Å². The molecule has 172 valence electrons. The smallest absolute Gasteiger partial charge is 0.118 e. The van der Waals surface area contributed by atoms with Gasteiger partial charge in [-0.05, 0) is 92.0 Å². The Kier molecular flexibility index (Phi) is 6.41. The van der Waals surface area contributed by atoms with Gasteiger partial charge >= 0.3 is 0 Å². The highest BCUT2D eigenvalue weighted by Crippen LogP contribution is 2.29. The van der Waals surface area contributed by atoms with Gasteiger partial charge in [-0.15, -0.1) is 0 Å². The van der Waals surface area contributed by atoms with E-state index in [4.69, 9.17) is 4.98 Å². The summed E-state index contributed by atoms with van der Waals surface area (Å²) in [5, 5.41) is 10.1. The number of nitrogens with one attached hydrogen (secondary N) is 1. The molecule has 1 N–H and O–H groups in total. The number of nitrogens with zero attached hydrogens (tertiary/aromatic N) is 3. The van der Waals surface area contributed by atoms with Crippen LogP contribution in [0.1, 0.15) is 31.4 Å². The zero-order valence-corrected chi connectivity index (χ0v) is 20.3. The summed E-state index contributed by atoms with van der Waals surface area (Å²) in [6, 6.07) is 13.4. The molecule has 3 aromatic rings. The Morgan fingerprint density at radius 2 is 1.97 bits per heavy atom. The Balaban J connectivity index is 1.66. The Morgan fingerprint density at radius 1 is 1.06 bits per heavy atom. The van der Waals surface area contributed by atoms with Gasteiger partial charge in [0.15, 0.2) is 0 Å². The molecule has 0 bridgehead atoms. The molecule has 1 atom stereocenters. The van der Waals surface area contributed by atoms with Gasteiger partial charge in [-0.3, -0.25) is 10.1 Å². The topological polar surface area (TPSA) is 44.8 Å². The van der Waals surface area contributed by atoms with E-state index in [0.29, 0.717) is 6.04 Å². The van der Waals surface area contributed by atoms with E-state index in [9.17, 15) is 0 Å². The number of aromatic nitrogens is 3. The van der Waals surface area contributed by atoms with E-state index in [2.05, 4.69) is 83.8 Å². The van der Waals surface area contributed by atoms with Crippen molar-refractivity contribution >= 4 is 11.6 Å². The molecule has 0 unspecified atom stereocenters. The highest BCUT2D eigenvalue weighted by molar-refractivity contribution is 5.81. The largest absolute Gasteiger partial charge is 0.306 e. The number of H-pyrrole nitrogens is 1. The molecule has 5 rings (SSSR count). The number of benzene rings is 1. The van der Waals surface area contributed by atoms with E-state index in [1.807, 2.05) is 31.3 Å². The third-order valence-electron chi connectivity index (χ3n) is 6.88. The standard InChI is InChI=1S/C30H32N4/c1-21-9-7-14-29(32-21)30-28(20-31-33-30)24-16-15-23-10-5-4-6-13-26(27(23)19-24)22-11-8-12-25(18-17-22)34(2)3/h4-7,9-10,13-17,19-20,25H,8,11-12,18H2,1-3H3,(H,31,33)/b5-4+,6-4?,10-5?,13-6-,23-10+,26-13?,27-26+/t25-/m0/s1. The minimum absolute atomic E-state index is 0.614. The van der Waals surface area contributed by atoms with Gasteiger partial charge in [0.25, 0.3) is 0 Å². The van der Waals surface area contributed by atoms with Crippen molar-refractivity contribution in [3.8, 4) is 22.5 Å².